The van der Waals surface area contributed by atoms with E-state index in [2.05, 4.69) is 66.2 Å². The number of hydrogen-bond acceptors (Lipinski definition) is 3. The van der Waals surface area contributed by atoms with Crippen molar-refractivity contribution in [2.75, 3.05) is 13.2 Å². The van der Waals surface area contributed by atoms with Crippen molar-refractivity contribution in [2.24, 2.45) is 23.2 Å². The van der Waals surface area contributed by atoms with Crippen LogP contribution in [-0.2, 0) is 17.8 Å². The van der Waals surface area contributed by atoms with Crippen molar-refractivity contribution in [3.63, 3.8) is 0 Å². The zero-order chi connectivity index (χ0) is 25.4. The molecule has 1 heterocycles. The lowest BCUT2D eigenvalue weighted by Crippen LogP contribution is -2.53. The molecule has 7 rings (SSSR count). The number of aromatic nitrogens is 2. The van der Waals surface area contributed by atoms with E-state index in [1.807, 2.05) is 0 Å². The monoisotopic (exact) mass is 499 g/mol. The molecular formula is C32H41N3O2. The fourth-order valence-corrected chi connectivity index (χ4v) is 8.01. The highest BCUT2D eigenvalue weighted by Crippen LogP contribution is 2.60. The van der Waals surface area contributed by atoms with E-state index < -0.39 is 0 Å². The van der Waals surface area contributed by atoms with Crippen LogP contribution in [-0.4, -0.2) is 28.6 Å². The smallest absolute Gasteiger partial charge is 0.226 e. The Labute approximate surface area is 221 Å². The van der Waals surface area contributed by atoms with Crippen LogP contribution in [0.25, 0.3) is 11.0 Å². The van der Waals surface area contributed by atoms with E-state index in [0.717, 1.165) is 79.9 Å². The first-order chi connectivity index (χ1) is 18.0. The molecule has 1 aromatic heterocycles. The van der Waals surface area contributed by atoms with Crippen LogP contribution < -0.4 is 10.1 Å². The van der Waals surface area contributed by atoms with Crippen molar-refractivity contribution < 1.29 is 9.53 Å². The first-order valence-electron chi connectivity index (χ1n) is 14.4. The van der Waals surface area contributed by atoms with Crippen LogP contribution in [0, 0.1) is 37.0 Å². The largest absolute Gasteiger partial charge is 0.494 e. The van der Waals surface area contributed by atoms with E-state index in [0.29, 0.717) is 19.1 Å². The first kappa shape index (κ1) is 24.5. The number of nitrogens with zero attached hydrogens (tertiary/aromatic N) is 2. The van der Waals surface area contributed by atoms with Gasteiger partial charge in [-0.2, -0.15) is 0 Å². The van der Waals surface area contributed by atoms with Gasteiger partial charge < -0.3 is 14.6 Å². The third-order valence-corrected chi connectivity index (χ3v) is 9.13. The molecule has 196 valence electrons. The normalized spacial score (nSPS) is 26.1. The van der Waals surface area contributed by atoms with Gasteiger partial charge in [-0.3, -0.25) is 4.79 Å². The van der Waals surface area contributed by atoms with Crippen LogP contribution in [0.2, 0.25) is 0 Å². The predicted octanol–water partition coefficient (Wildman–Crippen LogP) is 6.39. The van der Waals surface area contributed by atoms with Gasteiger partial charge in [0, 0.05) is 24.9 Å². The molecule has 4 bridgehead atoms. The number of aryl methyl sites for hydroxylation is 3. The third-order valence-electron chi connectivity index (χ3n) is 9.13. The summed E-state index contributed by atoms with van der Waals surface area (Å²) < 4.78 is 8.37. The van der Waals surface area contributed by atoms with E-state index in [1.165, 1.54) is 35.9 Å². The molecule has 0 spiro atoms. The number of rotatable bonds is 10. The molecule has 0 unspecified atom stereocenters. The molecule has 0 radical (unpaired) electrons. The second kappa shape index (κ2) is 10.2. The quantitative estimate of drug-likeness (QED) is 0.329. The van der Waals surface area contributed by atoms with Gasteiger partial charge >= 0.3 is 0 Å². The molecule has 0 saturated heterocycles. The lowest BCUT2D eigenvalue weighted by atomic mass is 9.49. The van der Waals surface area contributed by atoms with E-state index in [4.69, 9.17) is 9.72 Å². The van der Waals surface area contributed by atoms with Gasteiger partial charge in [0.05, 0.1) is 17.6 Å². The molecule has 0 aliphatic heterocycles. The lowest BCUT2D eigenvalue weighted by Gasteiger charge is -2.55. The maximum Gasteiger partial charge on any atom is 0.226 e. The zero-order valence-corrected chi connectivity index (χ0v) is 22.5. The number of para-hydroxylation sites is 2. The van der Waals surface area contributed by atoms with Gasteiger partial charge in [0.15, 0.2) is 0 Å². The molecule has 0 atom stereocenters. The van der Waals surface area contributed by atoms with Gasteiger partial charge in [0.25, 0.3) is 0 Å². The second-order valence-corrected chi connectivity index (χ2v) is 12.3. The Bertz CT molecular complexity index is 1220. The summed E-state index contributed by atoms with van der Waals surface area (Å²) in [5.74, 6) is 4.72. The van der Waals surface area contributed by atoms with Crippen molar-refractivity contribution >= 4 is 16.9 Å². The number of nitrogens with one attached hydrogen (secondary N) is 1. The van der Waals surface area contributed by atoms with Gasteiger partial charge in [-0.25, -0.2) is 4.98 Å². The Morgan fingerprint density at radius 1 is 1.00 bits per heavy atom. The summed E-state index contributed by atoms with van der Waals surface area (Å²) in [6.45, 7) is 6.51. The zero-order valence-electron chi connectivity index (χ0n) is 22.5. The number of imidazole rings is 1. The summed E-state index contributed by atoms with van der Waals surface area (Å²) in [7, 11) is 0. The molecule has 4 saturated carbocycles. The average molecular weight is 500 g/mol. The number of carbonyl (C=O) groups is 1. The van der Waals surface area contributed by atoms with Crippen LogP contribution in [0.1, 0.15) is 68.3 Å². The maximum absolute atomic E-state index is 13.4. The van der Waals surface area contributed by atoms with E-state index in [-0.39, 0.29) is 5.41 Å². The molecule has 4 aliphatic rings. The number of unbranched alkanes of at least 4 members (excludes halogenated alkanes) is 1. The minimum Gasteiger partial charge on any atom is -0.494 e. The fourth-order valence-electron chi connectivity index (χ4n) is 8.01. The number of fused-ring (bicyclic) bond motifs is 1. The number of ether oxygens (including phenoxy) is 1. The Balaban J connectivity index is 1.05. The van der Waals surface area contributed by atoms with Crippen LogP contribution in [0.3, 0.4) is 0 Å². The predicted molar refractivity (Wildman–Crippen MR) is 148 cm³/mol. The summed E-state index contributed by atoms with van der Waals surface area (Å²) in [6, 6.07) is 14.8. The highest BCUT2D eigenvalue weighted by atomic mass is 16.5. The third kappa shape index (κ3) is 5.15. The van der Waals surface area contributed by atoms with Crippen LogP contribution in [0.5, 0.6) is 5.75 Å². The summed E-state index contributed by atoms with van der Waals surface area (Å²) in [4.78, 5) is 18.3. The van der Waals surface area contributed by atoms with Crippen LogP contribution in [0.4, 0.5) is 0 Å². The van der Waals surface area contributed by atoms with Crippen molar-refractivity contribution in [3.8, 4) is 5.75 Å². The molecule has 5 heteroatoms. The standard InChI is InChI=1S/C32H41N3O2/c1-22-13-23(2)15-27(14-22)37-12-6-5-11-35-29-8-4-3-7-28(29)34-30(35)9-10-33-31(36)32-19-24-16-25(20-32)18-26(17-24)21-32/h3-4,7-8,13-15,24-26H,5-6,9-12,16-21H2,1-2H3,(H,33,36). The van der Waals surface area contributed by atoms with E-state index >= 15 is 0 Å². The first-order valence-corrected chi connectivity index (χ1v) is 14.4. The van der Waals surface area contributed by atoms with Gasteiger partial charge in [-0.05, 0) is 118 Å². The minimum atomic E-state index is -0.0787. The summed E-state index contributed by atoms with van der Waals surface area (Å²) in [5.41, 5.74) is 4.61. The van der Waals surface area contributed by atoms with E-state index in [9.17, 15) is 4.79 Å². The molecule has 1 N–H and O–H groups in total. The van der Waals surface area contributed by atoms with E-state index in [1.54, 1.807) is 0 Å². The Kier molecular flexibility index (Phi) is 6.73. The summed E-state index contributed by atoms with van der Waals surface area (Å²) in [5, 5.41) is 3.35. The van der Waals surface area contributed by atoms with Crippen LogP contribution >= 0.6 is 0 Å². The number of carbonyl (C=O) groups excluding carboxylic acids is 1. The summed E-state index contributed by atoms with van der Waals surface area (Å²) in [6.07, 6.45) is 10.2. The summed E-state index contributed by atoms with van der Waals surface area (Å²) >= 11 is 0. The highest BCUT2D eigenvalue weighted by Gasteiger charge is 2.54. The van der Waals surface area contributed by atoms with Crippen LogP contribution in [0.15, 0.2) is 42.5 Å². The molecule has 1 amide bonds. The molecule has 2 aromatic carbocycles. The Morgan fingerprint density at radius 3 is 2.38 bits per heavy atom. The number of amides is 1. The second-order valence-electron chi connectivity index (χ2n) is 12.3. The fraction of sp³-hybridized carbons (Fsp3) is 0.562. The van der Waals surface area contributed by atoms with Crippen molar-refractivity contribution in [2.45, 2.75) is 78.2 Å². The molecule has 3 aromatic rings. The topological polar surface area (TPSA) is 56.1 Å². The van der Waals surface area contributed by atoms with Crippen molar-refractivity contribution in [1.82, 2.24) is 14.9 Å². The molecular weight excluding hydrogens is 458 g/mol. The lowest BCUT2D eigenvalue weighted by molar-refractivity contribution is -0.146. The Hall–Kier alpha value is -2.82. The molecule has 37 heavy (non-hydrogen) atoms. The molecule has 4 fully saturated rings. The average Bonchev–Trinajstić information content (AvgIpc) is 3.19. The minimum absolute atomic E-state index is 0.0787. The SMILES string of the molecule is Cc1cc(C)cc(OCCCCn2c(CCNC(=O)C34CC5CC(CC(C5)C3)C4)nc3ccccc32)c1. The Morgan fingerprint density at radius 2 is 1.68 bits per heavy atom. The van der Waals surface area contributed by atoms with Gasteiger partial charge in [0.1, 0.15) is 11.6 Å². The number of benzene rings is 2. The number of hydrogen-bond donors (Lipinski definition) is 1. The van der Waals surface area contributed by atoms with Crippen molar-refractivity contribution in [3.05, 3.63) is 59.4 Å². The van der Waals surface area contributed by atoms with Crippen molar-refractivity contribution in [1.29, 1.82) is 0 Å². The van der Waals surface area contributed by atoms with Gasteiger partial charge in [0.2, 0.25) is 5.91 Å². The maximum atomic E-state index is 13.4. The van der Waals surface area contributed by atoms with Gasteiger partial charge in [-0.15, -0.1) is 0 Å². The molecule has 5 nitrogen and oxygen atoms in total. The highest BCUT2D eigenvalue weighted by molar-refractivity contribution is 5.83. The molecule has 4 aliphatic carbocycles. The van der Waals surface area contributed by atoms with Gasteiger partial charge in [-0.1, -0.05) is 18.2 Å².